The predicted octanol–water partition coefficient (Wildman–Crippen LogP) is 0.257. The van der Waals surface area contributed by atoms with Crippen molar-refractivity contribution in [1.82, 2.24) is 0 Å². The van der Waals surface area contributed by atoms with E-state index in [1.807, 2.05) is 0 Å². The fourth-order valence-electron chi connectivity index (χ4n) is 0. The summed E-state index contributed by atoms with van der Waals surface area (Å²) in [7, 11) is 0. The summed E-state index contributed by atoms with van der Waals surface area (Å²) >= 11 is 2.29. The number of rotatable bonds is 0. The van der Waals surface area contributed by atoms with E-state index in [2.05, 4.69) is 29.5 Å². The molecule has 4 heavy (non-hydrogen) atoms. The van der Waals surface area contributed by atoms with Crippen LogP contribution >= 0.6 is 22.6 Å². The van der Waals surface area contributed by atoms with Gasteiger partial charge in [-0.25, -0.2) is 0 Å². The highest BCUT2D eigenvalue weighted by Crippen LogP contribution is 1.69. The molecule has 0 unspecified atom stereocenters. The zero-order chi connectivity index (χ0) is 2.71. The van der Waals surface area contributed by atoms with Gasteiger partial charge in [-0.1, -0.05) is 29.5 Å². The van der Waals surface area contributed by atoms with E-state index >= 15 is 0 Å². The minimum absolute atomic E-state index is 0. The summed E-state index contributed by atoms with van der Waals surface area (Å²) < 4.78 is 1.22. The van der Waals surface area contributed by atoms with Gasteiger partial charge in [0.05, 0.1) is 0 Å². The summed E-state index contributed by atoms with van der Waals surface area (Å²) in [6.07, 6.45) is 0. The van der Waals surface area contributed by atoms with E-state index in [0.29, 0.717) is 0 Å². The minimum atomic E-state index is 0. The van der Waals surface area contributed by atoms with Gasteiger partial charge in [0.25, 0.3) is 0 Å². The van der Waals surface area contributed by atoms with Crippen LogP contribution in [-0.2, 0) is 0 Å². The maximum atomic E-state index is 2.29. The van der Waals surface area contributed by atoms with Crippen molar-refractivity contribution in [3.63, 3.8) is 0 Å². The van der Waals surface area contributed by atoms with Crippen molar-refractivity contribution >= 4 is 40.0 Å². The highest BCUT2D eigenvalue weighted by atomic mass is 127. The van der Waals surface area contributed by atoms with E-state index < -0.39 is 0 Å². The topological polar surface area (TPSA) is 0 Å². The summed E-state index contributed by atoms with van der Waals surface area (Å²) in [6, 6.07) is 0. The first kappa shape index (κ1) is 8.98. The van der Waals surface area contributed by atoms with Gasteiger partial charge >= 0.3 is 0 Å². The Bertz CT molecular complexity index is 6.00. The van der Waals surface area contributed by atoms with Crippen molar-refractivity contribution in [2.75, 3.05) is 4.43 Å². The Morgan fingerprint density at radius 1 is 1.75 bits per heavy atom. The van der Waals surface area contributed by atoms with Crippen molar-refractivity contribution in [3.8, 4) is 0 Å². The summed E-state index contributed by atoms with van der Waals surface area (Å²) in [4.78, 5) is 0. The summed E-state index contributed by atoms with van der Waals surface area (Å²) in [6.45, 7) is 2.11. The summed E-state index contributed by atoms with van der Waals surface area (Å²) in [5, 5.41) is 0. The Balaban J connectivity index is 0. The van der Waals surface area contributed by atoms with Gasteiger partial charge in [0.2, 0.25) is 0 Å². The molecule has 0 saturated carbocycles. The third-order valence-corrected chi connectivity index (χ3v) is 0. The average Bonchev–Trinajstić information content (AvgIpc) is 0.918. The van der Waals surface area contributed by atoms with Gasteiger partial charge < -0.3 is 0 Å². The molecular formula is C2H8AlI. The van der Waals surface area contributed by atoms with Crippen LogP contribution in [0.2, 0.25) is 0 Å². The highest BCUT2D eigenvalue weighted by Gasteiger charge is 1.38. The monoisotopic (exact) mass is 186 g/mol. The van der Waals surface area contributed by atoms with Crippen molar-refractivity contribution in [2.24, 2.45) is 0 Å². The Hall–Kier alpha value is 1.26. The van der Waals surface area contributed by atoms with Crippen molar-refractivity contribution in [2.45, 2.75) is 6.92 Å². The highest BCUT2D eigenvalue weighted by molar-refractivity contribution is 14.1. The van der Waals surface area contributed by atoms with Crippen LogP contribution in [0.25, 0.3) is 0 Å². The van der Waals surface area contributed by atoms with Crippen LogP contribution in [0.3, 0.4) is 0 Å². The van der Waals surface area contributed by atoms with Gasteiger partial charge in [-0.05, 0) is 4.43 Å². The molecule has 0 spiro atoms. The normalized spacial score (nSPS) is 4.50. The van der Waals surface area contributed by atoms with E-state index in [1.54, 1.807) is 0 Å². The Kier molecular flexibility index (Phi) is 19.9. The molecule has 0 fully saturated rings. The molecule has 0 saturated heterocycles. The van der Waals surface area contributed by atoms with Gasteiger partial charge in [0.1, 0.15) is 0 Å². The maximum Gasteiger partial charge on any atom is 0.187 e. The molecule has 0 amide bonds. The molecular weight excluding hydrogens is 178 g/mol. The molecule has 0 aromatic carbocycles. The zero-order valence-electron chi connectivity index (χ0n) is 2.09. The lowest BCUT2D eigenvalue weighted by atomic mass is 11.0. The number of halogens is 1. The molecule has 0 aliphatic carbocycles. The van der Waals surface area contributed by atoms with Crippen LogP contribution in [-0.4, -0.2) is 21.8 Å². The van der Waals surface area contributed by atoms with Gasteiger partial charge in [0, 0.05) is 0 Å². The first-order valence-corrected chi connectivity index (χ1v) is 2.50. The zero-order valence-corrected chi connectivity index (χ0v) is 4.24. The van der Waals surface area contributed by atoms with E-state index in [-0.39, 0.29) is 17.4 Å². The largest absolute Gasteiger partial charge is 0.187 e. The molecule has 26 valence electrons. The van der Waals surface area contributed by atoms with E-state index in [0.717, 1.165) is 0 Å². The molecule has 0 nitrogen and oxygen atoms in total. The quantitative estimate of drug-likeness (QED) is 0.289. The van der Waals surface area contributed by atoms with Crippen LogP contribution in [0.1, 0.15) is 6.92 Å². The smallest absolute Gasteiger partial charge is 0.0867 e. The van der Waals surface area contributed by atoms with E-state index in [1.165, 1.54) is 4.43 Å². The molecule has 0 aliphatic rings. The first-order valence-electron chi connectivity index (χ1n) is 0.974. The SMILES string of the molecule is CCI.[AlH3]. The van der Waals surface area contributed by atoms with Crippen molar-refractivity contribution < 1.29 is 0 Å². The molecule has 0 aromatic rings. The Morgan fingerprint density at radius 3 is 1.75 bits per heavy atom. The van der Waals surface area contributed by atoms with Gasteiger partial charge in [-0.15, -0.1) is 0 Å². The third-order valence-electron chi connectivity index (χ3n) is 0. The lowest BCUT2D eigenvalue weighted by Crippen LogP contribution is -1.33. The standard InChI is InChI=1S/C2H5I.Al.3H/c1-2-3;;;;/h2H2,1H3;;;;. The molecule has 0 aromatic heterocycles. The Morgan fingerprint density at radius 2 is 1.75 bits per heavy atom. The van der Waals surface area contributed by atoms with Crippen LogP contribution in [0, 0.1) is 0 Å². The third kappa shape index (κ3) is 10.5. The number of hydrogen-bond donors (Lipinski definition) is 0. The van der Waals surface area contributed by atoms with Crippen LogP contribution < -0.4 is 0 Å². The van der Waals surface area contributed by atoms with Gasteiger partial charge in [0.15, 0.2) is 17.4 Å². The predicted molar refractivity (Wildman–Crippen MR) is 34.5 cm³/mol. The molecule has 0 rings (SSSR count). The second-order valence-electron chi connectivity index (χ2n) is 0.267. The molecule has 0 atom stereocenters. The van der Waals surface area contributed by atoms with Gasteiger partial charge in [-0.3, -0.25) is 0 Å². The molecule has 0 bridgehead atoms. The van der Waals surface area contributed by atoms with Crippen LogP contribution in [0.5, 0.6) is 0 Å². The van der Waals surface area contributed by atoms with E-state index in [9.17, 15) is 0 Å². The Labute approximate surface area is 51.2 Å². The average molecular weight is 186 g/mol. The fraction of sp³-hybridized carbons (Fsp3) is 1.00. The second-order valence-corrected chi connectivity index (χ2v) is 1.79. The molecule has 0 heterocycles. The molecule has 2 heteroatoms. The van der Waals surface area contributed by atoms with Crippen molar-refractivity contribution in [3.05, 3.63) is 0 Å². The van der Waals surface area contributed by atoms with Crippen LogP contribution in [0.15, 0.2) is 0 Å². The minimum Gasteiger partial charge on any atom is -0.0867 e. The summed E-state index contributed by atoms with van der Waals surface area (Å²) in [5.41, 5.74) is 0. The summed E-state index contributed by atoms with van der Waals surface area (Å²) in [5.74, 6) is 0. The first-order chi connectivity index (χ1) is 1.41. The van der Waals surface area contributed by atoms with Crippen molar-refractivity contribution in [1.29, 1.82) is 0 Å². The molecule has 0 aliphatic heterocycles. The lowest BCUT2D eigenvalue weighted by molar-refractivity contribution is 1.58. The van der Waals surface area contributed by atoms with Crippen LogP contribution in [0.4, 0.5) is 0 Å². The van der Waals surface area contributed by atoms with Gasteiger partial charge in [-0.2, -0.15) is 0 Å². The fourth-order valence-corrected chi connectivity index (χ4v) is 0. The lowest BCUT2D eigenvalue weighted by Gasteiger charge is -1.45. The maximum absolute atomic E-state index is 2.29. The molecule has 0 radical (unpaired) electrons. The molecule has 0 N–H and O–H groups in total. The second kappa shape index (κ2) is 8.86. The van der Waals surface area contributed by atoms with E-state index in [4.69, 9.17) is 0 Å². The number of alkyl halides is 1. The number of hydrogen-bond acceptors (Lipinski definition) is 0.